The zero-order valence-corrected chi connectivity index (χ0v) is 13.5. The average molecular weight is 299 g/mol. The summed E-state index contributed by atoms with van der Waals surface area (Å²) in [5, 5.41) is 15.1. The van der Waals surface area contributed by atoms with E-state index in [0.717, 1.165) is 17.1 Å². The first kappa shape index (κ1) is 15.0. The van der Waals surface area contributed by atoms with Gasteiger partial charge in [0.05, 0.1) is 16.3 Å². The standard InChI is InChI=1S/C15H17N3O2Si/c1-12-11-15(9-10-21(2,3)4)17(16-12)13-5-7-14(8-6-13)18(19)20/h5-8,11H,1-4H3. The second kappa shape index (κ2) is 5.54. The lowest BCUT2D eigenvalue weighted by atomic mass is 10.3. The molecule has 1 aromatic carbocycles. The summed E-state index contributed by atoms with van der Waals surface area (Å²) in [6, 6.07) is 8.24. The normalized spacial score (nSPS) is 10.9. The van der Waals surface area contributed by atoms with Crippen LogP contribution in [0.1, 0.15) is 11.4 Å². The SMILES string of the molecule is Cc1cc(C#C[Si](C)(C)C)n(-c2ccc([N+](=O)[O-])cc2)n1. The van der Waals surface area contributed by atoms with E-state index >= 15 is 0 Å². The molecule has 0 aliphatic rings. The molecule has 0 unspecified atom stereocenters. The highest BCUT2D eigenvalue weighted by Crippen LogP contribution is 2.17. The van der Waals surface area contributed by atoms with Gasteiger partial charge in [0, 0.05) is 12.1 Å². The zero-order valence-electron chi connectivity index (χ0n) is 12.5. The van der Waals surface area contributed by atoms with Crippen molar-refractivity contribution < 1.29 is 4.92 Å². The minimum Gasteiger partial charge on any atom is -0.258 e. The molecule has 2 rings (SSSR count). The molecule has 108 valence electrons. The molecule has 0 N–H and O–H groups in total. The third kappa shape index (κ3) is 3.80. The molecule has 5 nitrogen and oxygen atoms in total. The van der Waals surface area contributed by atoms with Crippen molar-refractivity contribution in [3.63, 3.8) is 0 Å². The first-order valence-electron chi connectivity index (χ1n) is 6.61. The van der Waals surface area contributed by atoms with Crippen LogP contribution in [0, 0.1) is 28.5 Å². The Bertz CT molecular complexity index is 731. The predicted octanol–water partition coefficient (Wildman–Crippen LogP) is 3.32. The van der Waals surface area contributed by atoms with Crippen LogP contribution in [0.15, 0.2) is 30.3 Å². The smallest absolute Gasteiger partial charge is 0.258 e. The second-order valence-corrected chi connectivity index (χ2v) is 10.6. The van der Waals surface area contributed by atoms with E-state index in [4.69, 9.17) is 0 Å². The summed E-state index contributed by atoms with van der Waals surface area (Å²) in [7, 11) is -1.47. The molecule has 0 amide bonds. The van der Waals surface area contributed by atoms with Crippen molar-refractivity contribution in [1.82, 2.24) is 9.78 Å². The summed E-state index contributed by atoms with van der Waals surface area (Å²) < 4.78 is 1.73. The van der Waals surface area contributed by atoms with Crippen molar-refractivity contribution in [2.75, 3.05) is 0 Å². The molecule has 1 heterocycles. The second-order valence-electron chi connectivity index (χ2n) is 5.86. The fraction of sp³-hybridized carbons (Fsp3) is 0.267. The Morgan fingerprint density at radius 2 is 1.86 bits per heavy atom. The molecule has 1 aromatic heterocycles. The molecule has 0 aliphatic carbocycles. The maximum absolute atomic E-state index is 10.7. The maximum Gasteiger partial charge on any atom is 0.269 e. The lowest BCUT2D eigenvalue weighted by Gasteiger charge is -2.05. The third-order valence-corrected chi connectivity index (χ3v) is 3.58. The summed E-state index contributed by atoms with van der Waals surface area (Å²) in [5.41, 5.74) is 5.83. The van der Waals surface area contributed by atoms with Gasteiger partial charge < -0.3 is 0 Å². The van der Waals surface area contributed by atoms with Crippen LogP contribution >= 0.6 is 0 Å². The number of nitrogens with zero attached hydrogens (tertiary/aromatic N) is 3. The Kier molecular flexibility index (Phi) is 3.96. The van der Waals surface area contributed by atoms with Gasteiger partial charge in [-0.05, 0) is 25.1 Å². The molecule has 0 saturated heterocycles. The van der Waals surface area contributed by atoms with Crippen LogP contribution in [-0.2, 0) is 0 Å². The fourth-order valence-corrected chi connectivity index (χ4v) is 2.26. The van der Waals surface area contributed by atoms with Crippen molar-refractivity contribution in [3.8, 4) is 17.2 Å². The number of non-ortho nitro benzene ring substituents is 1. The molecule has 0 radical (unpaired) electrons. The van der Waals surface area contributed by atoms with Crippen molar-refractivity contribution in [1.29, 1.82) is 0 Å². The van der Waals surface area contributed by atoms with E-state index in [1.807, 2.05) is 13.0 Å². The van der Waals surface area contributed by atoms with Crippen LogP contribution in [0.4, 0.5) is 5.69 Å². The lowest BCUT2D eigenvalue weighted by molar-refractivity contribution is -0.384. The van der Waals surface area contributed by atoms with Crippen molar-refractivity contribution in [2.45, 2.75) is 26.6 Å². The summed E-state index contributed by atoms with van der Waals surface area (Å²) in [5.74, 6) is 3.19. The van der Waals surface area contributed by atoms with Gasteiger partial charge in [0.15, 0.2) is 0 Å². The van der Waals surface area contributed by atoms with Crippen LogP contribution < -0.4 is 0 Å². The molecular formula is C15H17N3O2Si. The molecule has 0 aliphatic heterocycles. The lowest BCUT2D eigenvalue weighted by Crippen LogP contribution is -2.16. The Morgan fingerprint density at radius 3 is 2.38 bits per heavy atom. The van der Waals surface area contributed by atoms with Gasteiger partial charge in [-0.15, -0.1) is 5.54 Å². The number of aromatic nitrogens is 2. The monoisotopic (exact) mass is 299 g/mol. The quantitative estimate of drug-likeness (QED) is 0.370. The van der Waals surface area contributed by atoms with E-state index in [0.29, 0.717) is 0 Å². The minimum absolute atomic E-state index is 0.0670. The van der Waals surface area contributed by atoms with Crippen LogP contribution in [0.25, 0.3) is 5.69 Å². The van der Waals surface area contributed by atoms with Gasteiger partial charge in [0.2, 0.25) is 0 Å². The van der Waals surface area contributed by atoms with Crippen molar-refractivity contribution in [2.24, 2.45) is 0 Å². The first-order chi connectivity index (χ1) is 9.76. The Labute approximate surface area is 124 Å². The van der Waals surface area contributed by atoms with Gasteiger partial charge >= 0.3 is 0 Å². The van der Waals surface area contributed by atoms with Gasteiger partial charge in [0.1, 0.15) is 13.8 Å². The van der Waals surface area contributed by atoms with E-state index < -0.39 is 13.0 Å². The number of rotatable bonds is 2. The van der Waals surface area contributed by atoms with Gasteiger partial charge in [-0.1, -0.05) is 25.6 Å². The van der Waals surface area contributed by atoms with Gasteiger partial charge in [-0.2, -0.15) is 5.10 Å². The summed E-state index contributed by atoms with van der Waals surface area (Å²) >= 11 is 0. The topological polar surface area (TPSA) is 61.0 Å². The molecule has 0 saturated carbocycles. The van der Waals surface area contributed by atoms with E-state index in [1.165, 1.54) is 12.1 Å². The van der Waals surface area contributed by atoms with Crippen LogP contribution in [0.2, 0.25) is 19.6 Å². The van der Waals surface area contributed by atoms with E-state index in [-0.39, 0.29) is 5.69 Å². The molecule has 0 atom stereocenters. The van der Waals surface area contributed by atoms with Gasteiger partial charge in [-0.25, -0.2) is 4.68 Å². The molecule has 0 spiro atoms. The Balaban J connectivity index is 2.44. The largest absolute Gasteiger partial charge is 0.269 e. The number of hydrogen-bond acceptors (Lipinski definition) is 3. The molecule has 0 fully saturated rings. The maximum atomic E-state index is 10.7. The van der Waals surface area contributed by atoms with Crippen LogP contribution in [-0.4, -0.2) is 22.8 Å². The Hall–Kier alpha value is -2.39. The number of nitro groups is 1. The number of nitro benzene ring substituents is 1. The van der Waals surface area contributed by atoms with Crippen molar-refractivity contribution in [3.05, 3.63) is 51.8 Å². The van der Waals surface area contributed by atoms with E-state index in [1.54, 1.807) is 16.8 Å². The van der Waals surface area contributed by atoms with Gasteiger partial charge in [0.25, 0.3) is 5.69 Å². The Morgan fingerprint density at radius 1 is 1.24 bits per heavy atom. The highest BCUT2D eigenvalue weighted by Gasteiger charge is 2.11. The summed E-state index contributed by atoms with van der Waals surface area (Å²) in [4.78, 5) is 10.3. The first-order valence-corrected chi connectivity index (χ1v) is 10.1. The van der Waals surface area contributed by atoms with E-state index in [2.05, 4.69) is 36.2 Å². The minimum atomic E-state index is -1.47. The predicted molar refractivity (Wildman–Crippen MR) is 85.2 cm³/mol. The van der Waals surface area contributed by atoms with Crippen molar-refractivity contribution >= 4 is 13.8 Å². The highest BCUT2D eigenvalue weighted by molar-refractivity contribution is 6.83. The van der Waals surface area contributed by atoms with Crippen LogP contribution in [0.5, 0.6) is 0 Å². The average Bonchev–Trinajstić information content (AvgIpc) is 2.77. The fourth-order valence-electron chi connectivity index (χ4n) is 1.75. The van der Waals surface area contributed by atoms with Gasteiger partial charge in [-0.3, -0.25) is 10.1 Å². The van der Waals surface area contributed by atoms with Crippen LogP contribution in [0.3, 0.4) is 0 Å². The molecule has 0 bridgehead atoms. The number of aryl methyl sites for hydroxylation is 1. The molecular weight excluding hydrogens is 282 g/mol. The molecule has 6 heteroatoms. The third-order valence-electron chi connectivity index (χ3n) is 2.70. The molecule has 2 aromatic rings. The number of hydrogen-bond donors (Lipinski definition) is 0. The highest BCUT2D eigenvalue weighted by atomic mass is 28.3. The van der Waals surface area contributed by atoms with E-state index in [9.17, 15) is 10.1 Å². The summed E-state index contributed by atoms with van der Waals surface area (Å²) in [6.07, 6.45) is 0. The summed E-state index contributed by atoms with van der Waals surface area (Å²) in [6.45, 7) is 8.44. The molecule has 21 heavy (non-hydrogen) atoms. The zero-order chi connectivity index (χ0) is 15.6. The number of benzene rings is 1.